The van der Waals surface area contributed by atoms with E-state index < -0.39 is 33.9 Å². The maximum Gasteiger partial charge on any atom is 0.264 e. The molecule has 124 valence electrons. The highest BCUT2D eigenvalue weighted by Gasteiger charge is 2.56. The Labute approximate surface area is 126 Å². The maximum atomic E-state index is 11.9. The minimum atomic E-state index is -3.64. The van der Waals surface area contributed by atoms with Gasteiger partial charge in [-0.05, 0) is 27.7 Å². The molecule has 0 saturated carbocycles. The second kappa shape index (κ2) is 6.20. The summed E-state index contributed by atoms with van der Waals surface area (Å²) in [5.41, 5.74) is -0.657. The Kier molecular flexibility index (Phi) is 5.41. The molecule has 1 aliphatic heterocycles. The Morgan fingerprint density at radius 3 is 2.33 bits per heavy atom. The van der Waals surface area contributed by atoms with Gasteiger partial charge in [0.1, 0.15) is 18.7 Å². The number of hydrogen-bond acceptors (Lipinski definition) is 6. The number of ether oxygens (including phenoxy) is 1. The Morgan fingerprint density at radius 1 is 1.38 bits per heavy atom. The van der Waals surface area contributed by atoms with Crippen molar-refractivity contribution in [3.8, 4) is 0 Å². The maximum absolute atomic E-state index is 11.9. The third kappa shape index (κ3) is 3.94. The van der Waals surface area contributed by atoms with Gasteiger partial charge in [0, 0.05) is 13.0 Å². The number of likely N-dealkylation sites (tertiary alicyclic amines) is 1. The Morgan fingerprint density at radius 2 is 1.95 bits per heavy atom. The molecule has 21 heavy (non-hydrogen) atoms. The number of carbonyl (C=O) groups excluding carboxylic acids is 1. The summed E-state index contributed by atoms with van der Waals surface area (Å²) in [4.78, 5) is 11.9. The first-order chi connectivity index (χ1) is 9.44. The molecule has 0 radical (unpaired) electrons. The largest absolute Gasteiger partial charge is 0.498 e. The molecule has 1 rings (SSSR count). The third-order valence-electron chi connectivity index (χ3n) is 4.00. The lowest BCUT2D eigenvalue weighted by molar-refractivity contribution is -0.931. The van der Waals surface area contributed by atoms with Crippen molar-refractivity contribution >= 4 is 16.2 Å². The quantitative estimate of drug-likeness (QED) is 0.526. The number of nitrogens with zero attached hydrogens (tertiary/aromatic N) is 1. The van der Waals surface area contributed by atoms with Crippen molar-refractivity contribution in [2.45, 2.75) is 51.8 Å². The van der Waals surface area contributed by atoms with Crippen LogP contribution in [0.1, 0.15) is 34.1 Å². The van der Waals surface area contributed by atoms with Gasteiger partial charge in [0.2, 0.25) is 0 Å². The summed E-state index contributed by atoms with van der Waals surface area (Å²) in [5.74, 6) is 0. The standard InChI is InChI=1S/C13H25NO6S/c1-6-19-9-10-7-11(20-21(5,17)18)8-14(10,12(15)16)13(2,3)4/h10-11H,6-9H2,1-5H3/t10-,11+,14?/m1/s1. The summed E-state index contributed by atoms with van der Waals surface area (Å²) in [6.45, 7) is 7.96. The predicted molar refractivity (Wildman–Crippen MR) is 74.9 cm³/mol. The van der Waals surface area contributed by atoms with Gasteiger partial charge < -0.3 is 14.6 Å². The van der Waals surface area contributed by atoms with Crippen LogP contribution in [-0.2, 0) is 19.0 Å². The van der Waals surface area contributed by atoms with Gasteiger partial charge in [0.25, 0.3) is 16.2 Å². The van der Waals surface area contributed by atoms with E-state index in [1.807, 2.05) is 6.92 Å². The second-order valence-electron chi connectivity index (χ2n) is 6.46. The van der Waals surface area contributed by atoms with Gasteiger partial charge in [0.15, 0.2) is 0 Å². The lowest BCUT2D eigenvalue weighted by atomic mass is 10.00. The average Bonchev–Trinajstić information content (AvgIpc) is 2.62. The first-order valence-corrected chi connectivity index (χ1v) is 8.81. The number of carboxylic acid groups (broad SMARTS) is 1. The van der Waals surface area contributed by atoms with Gasteiger partial charge in [0.05, 0.1) is 18.4 Å². The molecule has 8 heteroatoms. The van der Waals surface area contributed by atoms with Crippen molar-refractivity contribution in [1.29, 1.82) is 0 Å². The Bertz CT molecular complexity index is 483. The van der Waals surface area contributed by atoms with Crippen molar-refractivity contribution in [2.75, 3.05) is 26.0 Å². The molecule has 1 aliphatic rings. The van der Waals surface area contributed by atoms with E-state index in [4.69, 9.17) is 8.92 Å². The molecule has 1 saturated heterocycles. The van der Waals surface area contributed by atoms with Gasteiger partial charge in [-0.3, -0.25) is 8.67 Å². The smallest absolute Gasteiger partial charge is 0.264 e. The van der Waals surface area contributed by atoms with E-state index in [9.17, 15) is 18.3 Å². The van der Waals surface area contributed by atoms with Crippen LogP contribution in [0.5, 0.6) is 0 Å². The molecule has 3 atom stereocenters. The van der Waals surface area contributed by atoms with Crippen LogP contribution in [0, 0.1) is 0 Å². The predicted octanol–water partition coefficient (Wildman–Crippen LogP) is 0.0986. The molecular weight excluding hydrogens is 298 g/mol. The molecule has 0 bridgehead atoms. The van der Waals surface area contributed by atoms with Crippen LogP contribution >= 0.6 is 0 Å². The van der Waals surface area contributed by atoms with E-state index in [1.165, 1.54) is 0 Å². The molecule has 1 unspecified atom stereocenters. The molecule has 1 amide bonds. The highest BCUT2D eigenvalue weighted by Crippen LogP contribution is 2.38. The van der Waals surface area contributed by atoms with E-state index in [-0.39, 0.29) is 17.6 Å². The van der Waals surface area contributed by atoms with Crippen molar-refractivity contribution in [2.24, 2.45) is 0 Å². The van der Waals surface area contributed by atoms with E-state index in [0.717, 1.165) is 6.26 Å². The topological polar surface area (TPSA) is 92.7 Å². The first-order valence-electron chi connectivity index (χ1n) is 6.99. The zero-order valence-electron chi connectivity index (χ0n) is 13.3. The summed E-state index contributed by atoms with van der Waals surface area (Å²) >= 11 is 0. The number of hydrogen-bond donors (Lipinski definition) is 0. The lowest BCUT2D eigenvalue weighted by Gasteiger charge is -2.48. The third-order valence-corrected chi connectivity index (χ3v) is 4.62. The van der Waals surface area contributed by atoms with Gasteiger partial charge in [-0.25, -0.2) is 0 Å². The Hall–Kier alpha value is -0.700. The molecule has 0 spiro atoms. The van der Waals surface area contributed by atoms with Crippen LogP contribution in [0.3, 0.4) is 0 Å². The summed E-state index contributed by atoms with van der Waals surface area (Å²) in [7, 11) is -3.64. The van der Waals surface area contributed by atoms with Crippen LogP contribution < -0.4 is 5.11 Å². The molecule has 0 aliphatic carbocycles. The highest BCUT2D eigenvalue weighted by atomic mass is 32.2. The van der Waals surface area contributed by atoms with Gasteiger partial charge in [-0.2, -0.15) is 8.42 Å². The number of amides is 1. The molecule has 0 N–H and O–H groups in total. The normalized spacial score (nSPS) is 30.5. The molecule has 0 aromatic heterocycles. The van der Waals surface area contributed by atoms with Crippen molar-refractivity contribution in [3.63, 3.8) is 0 Å². The SMILES string of the molecule is CCOC[C@H]1C[C@H](OS(C)(=O)=O)C[N+]1(C(=O)[O-])C(C)(C)C. The van der Waals surface area contributed by atoms with E-state index >= 15 is 0 Å². The van der Waals surface area contributed by atoms with Crippen LogP contribution in [-0.4, -0.2) is 62.7 Å². The van der Waals surface area contributed by atoms with Crippen LogP contribution in [0.15, 0.2) is 0 Å². The summed E-state index contributed by atoms with van der Waals surface area (Å²) in [6, 6.07) is -0.401. The van der Waals surface area contributed by atoms with Crippen LogP contribution in [0.2, 0.25) is 0 Å². The van der Waals surface area contributed by atoms with Gasteiger partial charge >= 0.3 is 0 Å². The monoisotopic (exact) mass is 323 g/mol. The highest BCUT2D eigenvalue weighted by molar-refractivity contribution is 7.86. The van der Waals surface area contributed by atoms with Crippen LogP contribution in [0.25, 0.3) is 0 Å². The van der Waals surface area contributed by atoms with Crippen LogP contribution in [0.4, 0.5) is 4.79 Å². The van der Waals surface area contributed by atoms with Crippen molar-refractivity contribution in [3.05, 3.63) is 0 Å². The first kappa shape index (κ1) is 18.3. The molecule has 0 aromatic carbocycles. The van der Waals surface area contributed by atoms with E-state index in [1.54, 1.807) is 20.8 Å². The number of quaternary nitrogens is 1. The number of carbonyl (C=O) groups is 1. The molecule has 1 heterocycles. The van der Waals surface area contributed by atoms with Gasteiger partial charge in [-0.15, -0.1) is 0 Å². The summed E-state index contributed by atoms with van der Waals surface area (Å²) < 4.78 is 32.7. The molecule has 7 nitrogen and oxygen atoms in total. The fourth-order valence-electron chi connectivity index (χ4n) is 3.11. The van der Waals surface area contributed by atoms with Crippen molar-refractivity contribution < 1.29 is 31.7 Å². The summed E-state index contributed by atoms with van der Waals surface area (Å²) in [6.07, 6.45) is -0.638. The number of rotatable bonds is 5. The Balaban J connectivity index is 3.14. The fraction of sp³-hybridized carbons (Fsp3) is 0.923. The summed E-state index contributed by atoms with van der Waals surface area (Å²) in [5, 5.41) is 11.9. The molecule has 0 aromatic rings. The second-order valence-corrected chi connectivity index (χ2v) is 8.06. The van der Waals surface area contributed by atoms with E-state index in [0.29, 0.717) is 13.0 Å². The minimum absolute atomic E-state index is 0.0522. The average molecular weight is 323 g/mol. The van der Waals surface area contributed by atoms with Crippen molar-refractivity contribution in [1.82, 2.24) is 0 Å². The fourth-order valence-corrected chi connectivity index (χ4v) is 3.75. The van der Waals surface area contributed by atoms with Gasteiger partial charge in [-0.1, -0.05) is 0 Å². The minimum Gasteiger partial charge on any atom is -0.498 e. The molecular formula is C13H25NO6S. The molecule has 1 fully saturated rings. The lowest BCUT2D eigenvalue weighted by Crippen LogP contribution is -2.71. The zero-order chi connectivity index (χ0) is 16.5. The zero-order valence-corrected chi connectivity index (χ0v) is 14.1. The van der Waals surface area contributed by atoms with E-state index in [2.05, 4.69) is 0 Å².